The van der Waals surface area contributed by atoms with Crippen LogP contribution in [0.5, 0.6) is 0 Å². The van der Waals surface area contributed by atoms with Crippen molar-refractivity contribution in [1.82, 2.24) is 5.32 Å². The standard InChI is InChI=1S/C17H25FN2O.ClH/c1-3-12(2)15(19)16(21)20-11-17(9-4-10-17)13-5-7-14(18)8-6-13;/h5-8,12,15H,3-4,9-11,19H2,1-2H3,(H,20,21);1H. The zero-order chi connectivity index (χ0) is 15.5. The predicted molar refractivity (Wildman–Crippen MR) is 89.6 cm³/mol. The lowest BCUT2D eigenvalue weighted by molar-refractivity contribution is -0.123. The second-order valence-corrected chi connectivity index (χ2v) is 6.27. The van der Waals surface area contributed by atoms with Crippen LogP contribution in [0, 0.1) is 11.7 Å². The van der Waals surface area contributed by atoms with Crippen LogP contribution >= 0.6 is 12.4 Å². The molecule has 0 heterocycles. The number of hydrogen-bond donors (Lipinski definition) is 2. The maximum atomic E-state index is 13.1. The maximum absolute atomic E-state index is 13.1. The van der Waals surface area contributed by atoms with E-state index < -0.39 is 6.04 Å². The summed E-state index contributed by atoms with van der Waals surface area (Å²) < 4.78 is 13.1. The van der Waals surface area contributed by atoms with E-state index in [9.17, 15) is 9.18 Å². The molecule has 1 aromatic carbocycles. The third-order valence-electron chi connectivity index (χ3n) is 4.93. The Morgan fingerprint density at radius 2 is 1.95 bits per heavy atom. The van der Waals surface area contributed by atoms with Gasteiger partial charge in [-0.1, -0.05) is 38.8 Å². The SMILES string of the molecule is CCC(C)C(N)C(=O)NCC1(c2ccc(F)cc2)CCC1.Cl. The minimum Gasteiger partial charge on any atom is -0.354 e. The lowest BCUT2D eigenvalue weighted by Crippen LogP contribution is -2.51. The van der Waals surface area contributed by atoms with Crippen molar-refractivity contribution in [2.45, 2.75) is 51.0 Å². The van der Waals surface area contributed by atoms with Crippen molar-refractivity contribution < 1.29 is 9.18 Å². The molecule has 2 rings (SSSR count). The third kappa shape index (κ3) is 3.99. The predicted octanol–water partition coefficient (Wildman–Crippen LogP) is 3.16. The molecule has 0 radical (unpaired) electrons. The van der Waals surface area contributed by atoms with Gasteiger partial charge < -0.3 is 11.1 Å². The van der Waals surface area contributed by atoms with E-state index in [1.165, 1.54) is 12.1 Å². The van der Waals surface area contributed by atoms with Gasteiger partial charge in [0.1, 0.15) is 5.82 Å². The van der Waals surface area contributed by atoms with E-state index in [0.717, 1.165) is 31.2 Å². The molecule has 0 saturated heterocycles. The van der Waals surface area contributed by atoms with Crippen molar-refractivity contribution in [2.75, 3.05) is 6.54 Å². The summed E-state index contributed by atoms with van der Waals surface area (Å²) in [5.74, 6) is -0.137. The molecular weight excluding hydrogens is 303 g/mol. The van der Waals surface area contributed by atoms with Gasteiger partial charge in [-0.2, -0.15) is 0 Å². The van der Waals surface area contributed by atoms with Gasteiger partial charge >= 0.3 is 0 Å². The molecule has 2 unspecified atom stereocenters. The molecule has 0 bridgehead atoms. The molecule has 1 amide bonds. The number of hydrogen-bond acceptors (Lipinski definition) is 2. The van der Waals surface area contributed by atoms with Gasteiger partial charge in [-0.25, -0.2) is 4.39 Å². The summed E-state index contributed by atoms with van der Waals surface area (Å²) >= 11 is 0. The highest BCUT2D eigenvalue weighted by atomic mass is 35.5. The number of nitrogens with two attached hydrogens (primary N) is 1. The van der Waals surface area contributed by atoms with Crippen molar-refractivity contribution in [2.24, 2.45) is 11.7 Å². The number of nitrogens with one attached hydrogen (secondary N) is 1. The Morgan fingerprint density at radius 1 is 1.36 bits per heavy atom. The number of carbonyl (C=O) groups excluding carboxylic acids is 1. The quantitative estimate of drug-likeness (QED) is 0.842. The molecule has 22 heavy (non-hydrogen) atoms. The molecule has 3 nitrogen and oxygen atoms in total. The lowest BCUT2D eigenvalue weighted by Gasteiger charge is -2.43. The molecule has 0 aromatic heterocycles. The fourth-order valence-corrected chi connectivity index (χ4v) is 2.86. The van der Waals surface area contributed by atoms with Crippen molar-refractivity contribution in [3.05, 3.63) is 35.6 Å². The molecule has 1 aliphatic carbocycles. The molecule has 2 atom stereocenters. The van der Waals surface area contributed by atoms with Crippen LogP contribution < -0.4 is 11.1 Å². The van der Waals surface area contributed by atoms with Gasteiger partial charge in [0, 0.05) is 12.0 Å². The minimum atomic E-state index is -0.458. The van der Waals surface area contributed by atoms with Crippen LogP contribution in [0.25, 0.3) is 0 Å². The van der Waals surface area contributed by atoms with E-state index in [1.807, 2.05) is 26.0 Å². The number of halogens is 2. The van der Waals surface area contributed by atoms with Gasteiger partial charge in [0.2, 0.25) is 5.91 Å². The van der Waals surface area contributed by atoms with Crippen molar-refractivity contribution in [3.63, 3.8) is 0 Å². The van der Waals surface area contributed by atoms with E-state index in [-0.39, 0.29) is 35.5 Å². The molecule has 1 aromatic rings. The van der Waals surface area contributed by atoms with Gasteiger partial charge in [0.05, 0.1) is 6.04 Å². The second-order valence-electron chi connectivity index (χ2n) is 6.27. The van der Waals surface area contributed by atoms with E-state index in [4.69, 9.17) is 5.73 Å². The van der Waals surface area contributed by atoms with Gasteiger partial charge in [-0.05, 0) is 36.5 Å². The molecule has 1 aliphatic rings. The van der Waals surface area contributed by atoms with Crippen LogP contribution in [0.2, 0.25) is 0 Å². The Balaban J connectivity index is 0.00000242. The average molecular weight is 329 g/mol. The zero-order valence-electron chi connectivity index (χ0n) is 13.3. The molecule has 0 aliphatic heterocycles. The average Bonchev–Trinajstić information content (AvgIpc) is 2.45. The fourth-order valence-electron chi connectivity index (χ4n) is 2.86. The van der Waals surface area contributed by atoms with E-state index in [0.29, 0.717) is 6.54 Å². The summed E-state index contributed by atoms with van der Waals surface area (Å²) in [7, 11) is 0. The van der Waals surface area contributed by atoms with Crippen LogP contribution in [0.1, 0.15) is 45.1 Å². The Labute approximate surface area is 138 Å². The molecule has 124 valence electrons. The summed E-state index contributed by atoms with van der Waals surface area (Å²) in [5.41, 5.74) is 7.02. The fraction of sp³-hybridized carbons (Fsp3) is 0.588. The minimum absolute atomic E-state index is 0. The highest BCUT2D eigenvalue weighted by Crippen LogP contribution is 2.43. The molecule has 3 N–H and O–H groups in total. The van der Waals surface area contributed by atoms with Crippen LogP contribution in [0.3, 0.4) is 0 Å². The smallest absolute Gasteiger partial charge is 0.237 e. The Hall–Kier alpha value is -1.13. The molecule has 1 saturated carbocycles. The second kappa shape index (κ2) is 7.93. The highest BCUT2D eigenvalue weighted by molar-refractivity contribution is 5.85. The van der Waals surface area contributed by atoms with E-state index in [1.54, 1.807) is 0 Å². The number of rotatable bonds is 6. The largest absolute Gasteiger partial charge is 0.354 e. The zero-order valence-corrected chi connectivity index (χ0v) is 14.1. The molecule has 1 fully saturated rings. The summed E-state index contributed by atoms with van der Waals surface area (Å²) in [5, 5.41) is 3.00. The van der Waals surface area contributed by atoms with Crippen molar-refractivity contribution in [3.8, 4) is 0 Å². The number of amides is 1. The van der Waals surface area contributed by atoms with Gasteiger partial charge in [-0.15, -0.1) is 12.4 Å². The molecule has 0 spiro atoms. The van der Waals surface area contributed by atoms with Gasteiger partial charge in [0.15, 0.2) is 0 Å². The van der Waals surface area contributed by atoms with Crippen molar-refractivity contribution in [1.29, 1.82) is 0 Å². The summed E-state index contributed by atoms with van der Waals surface area (Å²) in [6.07, 6.45) is 4.08. The summed E-state index contributed by atoms with van der Waals surface area (Å²) in [6, 6.07) is 6.18. The number of carbonyl (C=O) groups is 1. The first-order chi connectivity index (χ1) is 9.98. The van der Waals surface area contributed by atoms with Crippen molar-refractivity contribution >= 4 is 18.3 Å². The van der Waals surface area contributed by atoms with E-state index in [2.05, 4.69) is 5.32 Å². The van der Waals surface area contributed by atoms with Crippen LogP contribution in [0.4, 0.5) is 4.39 Å². The van der Waals surface area contributed by atoms with Crippen LogP contribution in [-0.2, 0) is 10.2 Å². The Bertz CT molecular complexity index is 488. The third-order valence-corrected chi connectivity index (χ3v) is 4.93. The first-order valence-corrected chi connectivity index (χ1v) is 7.78. The van der Waals surface area contributed by atoms with E-state index >= 15 is 0 Å². The first-order valence-electron chi connectivity index (χ1n) is 7.78. The number of benzene rings is 1. The van der Waals surface area contributed by atoms with Gasteiger partial charge in [0.25, 0.3) is 0 Å². The molecule has 5 heteroatoms. The van der Waals surface area contributed by atoms with Gasteiger partial charge in [-0.3, -0.25) is 4.79 Å². The normalized spacial score (nSPS) is 18.5. The summed E-state index contributed by atoms with van der Waals surface area (Å²) in [4.78, 5) is 12.1. The summed E-state index contributed by atoms with van der Waals surface area (Å²) in [6.45, 7) is 4.61. The van der Waals surface area contributed by atoms with Crippen LogP contribution in [0.15, 0.2) is 24.3 Å². The molecular formula is C17H26ClFN2O. The first kappa shape index (κ1) is 18.9. The Morgan fingerprint density at radius 3 is 2.41 bits per heavy atom. The van der Waals surface area contributed by atoms with Crippen LogP contribution in [-0.4, -0.2) is 18.5 Å². The highest BCUT2D eigenvalue weighted by Gasteiger charge is 2.39. The monoisotopic (exact) mass is 328 g/mol. The topological polar surface area (TPSA) is 55.1 Å². The lowest BCUT2D eigenvalue weighted by atomic mass is 9.64. The Kier molecular flexibility index (Phi) is 6.82. The maximum Gasteiger partial charge on any atom is 0.237 e.